The summed E-state index contributed by atoms with van der Waals surface area (Å²) < 4.78 is 10.8. The first-order valence-electron chi connectivity index (χ1n) is 3.69. The summed E-state index contributed by atoms with van der Waals surface area (Å²) in [6, 6.07) is 0. The zero-order valence-electron chi connectivity index (χ0n) is 6.39. The van der Waals surface area contributed by atoms with Crippen LogP contribution in [-0.4, -0.2) is 19.5 Å². The number of hydrogen-bond donors (Lipinski definition) is 0. The van der Waals surface area contributed by atoms with Crippen molar-refractivity contribution in [2.24, 2.45) is 5.92 Å². The molecule has 0 N–H and O–H groups in total. The van der Waals surface area contributed by atoms with Crippen molar-refractivity contribution in [2.45, 2.75) is 20.1 Å². The largest absolute Gasteiger partial charge is 0.348 e. The van der Waals surface area contributed by atoms with Crippen LogP contribution in [0.4, 0.5) is 0 Å². The Balaban J connectivity index is 2.35. The summed E-state index contributed by atoms with van der Waals surface area (Å²) >= 11 is 0. The van der Waals surface area contributed by atoms with Crippen LogP contribution >= 0.6 is 0 Å². The van der Waals surface area contributed by atoms with E-state index >= 15 is 0 Å². The highest BCUT2D eigenvalue weighted by atomic mass is 16.7. The molecule has 2 nitrogen and oxygen atoms in total. The Morgan fingerprint density at radius 3 is 2.00 bits per heavy atom. The van der Waals surface area contributed by atoms with Crippen LogP contribution in [0, 0.1) is 5.92 Å². The molecular weight excluding hydrogens is 128 g/mol. The summed E-state index contributed by atoms with van der Waals surface area (Å²) in [4.78, 5) is 0. The fourth-order valence-electron chi connectivity index (χ4n) is 1.51. The lowest BCUT2D eigenvalue weighted by atomic mass is 9.93. The van der Waals surface area contributed by atoms with E-state index in [0.717, 1.165) is 13.2 Å². The lowest BCUT2D eigenvalue weighted by Gasteiger charge is -2.37. The average Bonchev–Trinajstić information content (AvgIpc) is 2.00. The van der Waals surface area contributed by atoms with Gasteiger partial charge in [0.25, 0.3) is 0 Å². The Bertz CT molecular complexity index is 156. The molecule has 0 amide bonds. The minimum atomic E-state index is -0.0231. The summed E-state index contributed by atoms with van der Waals surface area (Å²) in [5.74, 6) is 0.532. The van der Waals surface area contributed by atoms with Gasteiger partial charge in [-0.3, -0.25) is 0 Å². The number of rotatable bonds is 0. The van der Waals surface area contributed by atoms with E-state index in [1.807, 2.05) is 0 Å². The van der Waals surface area contributed by atoms with Crippen LogP contribution in [0.2, 0.25) is 0 Å². The molecule has 0 unspecified atom stereocenters. The molecule has 0 aromatic carbocycles. The van der Waals surface area contributed by atoms with Crippen LogP contribution in [0.15, 0.2) is 11.1 Å². The van der Waals surface area contributed by atoms with Crippen molar-refractivity contribution in [3.63, 3.8) is 0 Å². The van der Waals surface area contributed by atoms with Crippen LogP contribution in [0.25, 0.3) is 0 Å². The predicted molar refractivity (Wildman–Crippen MR) is 37.6 cm³/mol. The monoisotopic (exact) mass is 140 g/mol. The number of hydrogen-bond acceptors (Lipinski definition) is 2. The second-order valence-corrected chi connectivity index (χ2v) is 3.06. The van der Waals surface area contributed by atoms with Gasteiger partial charge in [0.15, 0.2) is 6.29 Å². The van der Waals surface area contributed by atoms with E-state index in [-0.39, 0.29) is 6.29 Å². The minimum Gasteiger partial charge on any atom is -0.348 e. The molecule has 0 aromatic rings. The van der Waals surface area contributed by atoms with Crippen LogP contribution in [0.5, 0.6) is 0 Å². The summed E-state index contributed by atoms with van der Waals surface area (Å²) in [5.41, 5.74) is 2.75. The SMILES string of the molecule is CC1=C(C)C2OCC1CO2. The van der Waals surface area contributed by atoms with Gasteiger partial charge in [0, 0.05) is 5.92 Å². The first-order chi connectivity index (χ1) is 4.79. The Morgan fingerprint density at radius 2 is 1.70 bits per heavy atom. The molecule has 1 fully saturated rings. The van der Waals surface area contributed by atoms with E-state index in [2.05, 4.69) is 13.8 Å². The van der Waals surface area contributed by atoms with E-state index in [4.69, 9.17) is 9.47 Å². The summed E-state index contributed by atoms with van der Waals surface area (Å²) in [6.45, 7) is 5.98. The molecule has 3 rings (SSSR count). The molecule has 0 saturated carbocycles. The predicted octanol–water partition coefficient (Wildman–Crippen LogP) is 1.33. The van der Waals surface area contributed by atoms with Crippen molar-refractivity contribution < 1.29 is 9.47 Å². The van der Waals surface area contributed by atoms with Crippen LogP contribution < -0.4 is 0 Å². The molecule has 2 heteroatoms. The molecular formula is C8H12O2. The highest BCUT2D eigenvalue weighted by Gasteiger charge is 2.32. The zero-order valence-corrected chi connectivity index (χ0v) is 6.39. The smallest absolute Gasteiger partial charge is 0.179 e. The van der Waals surface area contributed by atoms with Crippen molar-refractivity contribution in [3.8, 4) is 0 Å². The van der Waals surface area contributed by atoms with Crippen molar-refractivity contribution in [1.82, 2.24) is 0 Å². The standard InChI is InChI=1S/C8H12O2/c1-5-6(2)8-9-3-7(5)4-10-8/h7-8H,3-4H2,1-2H3. The van der Waals surface area contributed by atoms with Gasteiger partial charge in [-0.15, -0.1) is 0 Å². The van der Waals surface area contributed by atoms with Crippen LogP contribution in [0.1, 0.15) is 13.8 Å². The van der Waals surface area contributed by atoms with E-state index in [9.17, 15) is 0 Å². The third-order valence-electron chi connectivity index (χ3n) is 2.49. The molecule has 3 heterocycles. The molecule has 0 radical (unpaired) electrons. The number of ether oxygens (including phenoxy) is 2. The minimum absolute atomic E-state index is 0.0231. The van der Waals surface area contributed by atoms with E-state index in [0.29, 0.717) is 5.92 Å². The maximum atomic E-state index is 5.38. The first-order valence-corrected chi connectivity index (χ1v) is 3.69. The molecule has 0 aliphatic carbocycles. The maximum absolute atomic E-state index is 5.38. The Kier molecular flexibility index (Phi) is 1.32. The second-order valence-electron chi connectivity index (χ2n) is 3.06. The van der Waals surface area contributed by atoms with Crippen LogP contribution in [0.3, 0.4) is 0 Å². The molecule has 3 aliphatic rings. The quantitative estimate of drug-likeness (QED) is 0.472. The molecule has 1 saturated heterocycles. The number of fused-ring (bicyclic) bond motifs is 2. The summed E-state index contributed by atoms with van der Waals surface area (Å²) in [7, 11) is 0. The van der Waals surface area contributed by atoms with Gasteiger partial charge in [-0.1, -0.05) is 5.57 Å². The fraction of sp³-hybridized carbons (Fsp3) is 0.750. The highest BCUT2D eigenvalue weighted by molar-refractivity contribution is 5.20. The van der Waals surface area contributed by atoms with Crippen molar-refractivity contribution in [2.75, 3.05) is 13.2 Å². The Labute approximate surface area is 60.8 Å². The van der Waals surface area contributed by atoms with E-state index in [1.54, 1.807) is 0 Å². The van der Waals surface area contributed by atoms with Gasteiger partial charge in [-0.2, -0.15) is 0 Å². The maximum Gasteiger partial charge on any atom is 0.179 e. The zero-order chi connectivity index (χ0) is 7.14. The topological polar surface area (TPSA) is 18.5 Å². The summed E-state index contributed by atoms with van der Waals surface area (Å²) in [5, 5.41) is 0. The van der Waals surface area contributed by atoms with E-state index in [1.165, 1.54) is 11.1 Å². The fourth-order valence-corrected chi connectivity index (χ4v) is 1.51. The summed E-state index contributed by atoms with van der Waals surface area (Å²) in [6.07, 6.45) is -0.0231. The molecule has 0 atom stereocenters. The first kappa shape index (κ1) is 6.38. The van der Waals surface area contributed by atoms with E-state index < -0.39 is 0 Å². The van der Waals surface area contributed by atoms with Crippen molar-refractivity contribution >= 4 is 0 Å². The van der Waals surface area contributed by atoms with Gasteiger partial charge >= 0.3 is 0 Å². The van der Waals surface area contributed by atoms with Gasteiger partial charge in [0.05, 0.1) is 13.2 Å². The van der Waals surface area contributed by atoms with Crippen molar-refractivity contribution in [1.29, 1.82) is 0 Å². The lowest BCUT2D eigenvalue weighted by molar-refractivity contribution is -0.187. The van der Waals surface area contributed by atoms with Gasteiger partial charge in [0.2, 0.25) is 0 Å². The highest BCUT2D eigenvalue weighted by Crippen LogP contribution is 2.31. The molecule has 3 aliphatic heterocycles. The normalized spacial score (nSPS) is 39.0. The lowest BCUT2D eigenvalue weighted by Crippen LogP contribution is -2.39. The van der Waals surface area contributed by atoms with Crippen molar-refractivity contribution in [3.05, 3.63) is 11.1 Å². The van der Waals surface area contributed by atoms with Gasteiger partial charge in [-0.05, 0) is 19.4 Å². The van der Waals surface area contributed by atoms with Gasteiger partial charge in [-0.25, -0.2) is 0 Å². The molecule has 0 spiro atoms. The molecule has 10 heavy (non-hydrogen) atoms. The Morgan fingerprint density at radius 1 is 1.10 bits per heavy atom. The Hall–Kier alpha value is -0.340. The third kappa shape index (κ3) is 0.724. The molecule has 56 valence electrons. The molecule has 0 aromatic heterocycles. The van der Waals surface area contributed by atoms with Crippen LogP contribution in [-0.2, 0) is 9.47 Å². The average molecular weight is 140 g/mol. The van der Waals surface area contributed by atoms with Gasteiger partial charge < -0.3 is 9.47 Å². The third-order valence-corrected chi connectivity index (χ3v) is 2.49. The second kappa shape index (κ2) is 2.07. The molecule has 2 bridgehead atoms. The van der Waals surface area contributed by atoms with Gasteiger partial charge in [0.1, 0.15) is 0 Å².